The average molecular weight is 502 g/mol. The molecule has 7 nitrogen and oxygen atoms in total. The van der Waals surface area contributed by atoms with Gasteiger partial charge >= 0.3 is 5.69 Å². The molecule has 0 saturated heterocycles. The van der Waals surface area contributed by atoms with Gasteiger partial charge < -0.3 is 4.98 Å². The summed E-state index contributed by atoms with van der Waals surface area (Å²) in [7, 11) is -3.97. The van der Waals surface area contributed by atoms with Gasteiger partial charge in [-0.2, -0.15) is 0 Å². The van der Waals surface area contributed by atoms with E-state index in [0.29, 0.717) is 29.2 Å². The fraction of sp³-hybridized carbons (Fsp3) is 0.130. The molecule has 0 atom stereocenters. The second-order valence-electron chi connectivity index (χ2n) is 7.68. The van der Waals surface area contributed by atoms with Crippen LogP contribution in [0.5, 0.6) is 0 Å². The third-order valence-electron chi connectivity index (χ3n) is 5.67. The Morgan fingerprint density at radius 2 is 1.70 bits per heavy atom. The topological polar surface area (TPSA) is 92.2 Å². The summed E-state index contributed by atoms with van der Waals surface area (Å²) < 4.78 is 29.3. The molecule has 0 spiro atoms. The average Bonchev–Trinajstić information content (AvgIpc) is 2.80. The van der Waals surface area contributed by atoms with E-state index in [9.17, 15) is 18.0 Å². The van der Waals surface area contributed by atoms with Crippen LogP contribution >= 0.6 is 23.2 Å². The van der Waals surface area contributed by atoms with E-state index >= 15 is 0 Å². The van der Waals surface area contributed by atoms with Crippen molar-refractivity contribution in [3.05, 3.63) is 97.1 Å². The van der Waals surface area contributed by atoms with E-state index in [2.05, 4.69) is 4.98 Å². The van der Waals surface area contributed by atoms with Gasteiger partial charge in [0.2, 0.25) is 0 Å². The number of benzene rings is 3. The number of hydrogen-bond acceptors (Lipinski definition) is 4. The van der Waals surface area contributed by atoms with Gasteiger partial charge in [-0.1, -0.05) is 41.4 Å². The molecule has 0 aliphatic carbocycles. The van der Waals surface area contributed by atoms with Crippen LogP contribution in [0.4, 0.5) is 5.69 Å². The number of H-pyrrole nitrogens is 1. The molecule has 1 aromatic heterocycles. The molecule has 0 saturated carbocycles. The number of aromatic amines is 1. The van der Waals surface area contributed by atoms with Crippen LogP contribution in [0.15, 0.2) is 75.1 Å². The fourth-order valence-electron chi connectivity index (χ4n) is 4.11. The summed E-state index contributed by atoms with van der Waals surface area (Å²) >= 11 is 12.3. The first-order valence-electron chi connectivity index (χ1n) is 10.1. The van der Waals surface area contributed by atoms with E-state index in [0.717, 1.165) is 16.6 Å². The van der Waals surface area contributed by atoms with Crippen molar-refractivity contribution in [1.82, 2.24) is 9.55 Å². The first kappa shape index (κ1) is 21.8. The van der Waals surface area contributed by atoms with Gasteiger partial charge in [0, 0.05) is 11.6 Å². The molecule has 2 heterocycles. The first-order valence-corrected chi connectivity index (χ1v) is 12.3. The molecule has 168 valence electrons. The van der Waals surface area contributed by atoms with Crippen LogP contribution < -0.4 is 15.6 Å². The molecular formula is C23H17Cl2N3O4S. The highest BCUT2D eigenvalue weighted by Gasteiger charge is 2.29. The number of fused-ring (bicyclic) bond motifs is 2. The van der Waals surface area contributed by atoms with E-state index in [1.165, 1.54) is 34.6 Å². The second kappa shape index (κ2) is 8.06. The molecule has 1 aliphatic rings. The Labute approximate surface area is 198 Å². The van der Waals surface area contributed by atoms with Crippen molar-refractivity contribution in [3.63, 3.8) is 0 Å². The van der Waals surface area contributed by atoms with Gasteiger partial charge in [-0.25, -0.2) is 17.8 Å². The third-order valence-corrected chi connectivity index (χ3v) is 8.04. The van der Waals surface area contributed by atoms with Crippen molar-refractivity contribution in [1.29, 1.82) is 0 Å². The normalized spacial score (nSPS) is 13.8. The van der Waals surface area contributed by atoms with Crippen molar-refractivity contribution < 1.29 is 8.42 Å². The van der Waals surface area contributed by atoms with E-state index in [-0.39, 0.29) is 21.0 Å². The number of rotatable bonds is 3. The highest BCUT2D eigenvalue weighted by molar-refractivity contribution is 7.92. The van der Waals surface area contributed by atoms with Crippen molar-refractivity contribution in [2.45, 2.75) is 17.7 Å². The predicted octanol–water partition coefficient (Wildman–Crippen LogP) is 4.13. The molecule has 33 heavy (non-hydrogen) atoms. The summed E-state index contributed by atoms with van der Waals surface area (Å²) in [5.41, 5.74) is 0.452. The molecule has 0 radical (unpaired) electrons. The van der Waals surface area contributed by atoms with Crippen molar-refractivity contribution in [2.24, 2.45) is 0 Å². The molecule has 1 N–H and O–H groups in total. The molecule has 5 rings (SSSR count). The third kappa shape index (κ3) is 3.64. The lowest BCUT2D eigenvalue weighted by Crippen LogP contribution is -2.36. The van der Waals surface area contributed by atoms with Crippen LogP contribution in [0.3, 0.4) is 0 Å². The van der Waals surface area contributed by atoms with Gasteiger partial charge in [-0.3, -0.25) is 9.10 Å². The van der Waals surface area contributed by atoms with E-state index in [1.807, 2.05) is 12.1 Å². The highest BCUT2D eigenvalue weighted by atomic mass is 35.5. The summed E-state index contributed by atoms with van der Waals surface area (Å²) in [6.07, 6.45) is 1.47. The Bertz CT molecular complexity index is 1640. The smallest absolute Gasteiger partial charge is 0.306 e. The van der Waals surface area contributed by atoms with Gasteiger partial charge in [0.1, 0.15) is 0 Å². The number of anilines is 1. The molecular weight excluding hydrogens is 485 g/mol. The summed E-state index contributed by atoms with van der Waals surface area (Å²) in [6.45, 7) is 0.326. The number of aromatic nitrogens is 2. The van der Waals surface area contributed by atoms with Gasteiger partial charge in [-0.05, 0) is 60.9 Å². The van der Waals surface area contributed by atoms with Gasteiger partial charge in [0.15, 0.2) is 0 Å². The predicted molar refractivity (Wildman–Crippen MR) is 129 cm³/mol. The zero-order chi connectivity index (χ0) is 23.3. The monoisotopic (exact) mass is 501 g/mol. The molecule has 0 unspecified atom stereocenters. The minimum Gasteiger partial charge on any atom is -0.306 e. The summed E-state index contributed by atoms with van der Waals surface area (Å²) in [4.78, 5) is 28.5. The summed E-state index contributed by atoms with van der Waals surface area (Å²) in [5.74, 6) is 0. The van der Waals surface area contributed by atoms with Gasteiger partial charge in [0.05, 0.1) is 32.2 Å². The van der Waals surface area contributed by atoms with E-state index in [1.54, 1.807) is 18.2 Å². The molecule has 1 aliphatic heterocycles. The molecule has 4 aromatic rings. The highest BCUT2D eigenvalue weighted by Crippen LogP contribution is 2.33. The van der Waals surface area contributed by atoms with Crippen molar-refractivity contribution in [2.75, 3.05) is 10.8 Å². The van der Waals surface area contributed by atoms with Crippen LogP contribution in [0, 0.1) is 0 Å². The Hall–Kier alpha value is -3.07. The number of sulfonamides is 1. The number of halogens is 2. The Kier molecular flexibility index (Phi) is 5.31. The SMILES string of the molecule is O=c1[nH]c2ccc(Cl)cc2c(=O)n1-c1cc(S(=O)(=O)N2CCCc3ccccc32)ccc1Cl. The van der Waals surface area contributed by atoms with Crippen LogP contribution in [-0.2, 0) is 16.4 Å². The molecule has 10 heteroatoms. The maximum absolute atomic E-state index is 13.6. The number of hydrogen-bond donors (Lipinski definition) is 1. The number of aryl methyl sites for hydroxylation is 1. The summed E-state index contributed by atoms with van der Waals surface area (Å²) in [5, 5.41) is 0.558. The summed E-state index contributed by atoms with van der Waals surface area (Å²) in [6, 6.07) is 15.9. The van der Waals surface area contributed by atoms with Crippen LogP contribution in [0.2, 0.25) is 10.0 Å². The molecule has 0 amide bonds. The van der Waals surface area contributed by atoms with E-state index in [4.69, 9.17) is 23.2 Å². The minimum absolute atomic E-state index is 0.0313. The number of nitrogens with zero attached hydrogens (tertiary/aromatic N) is 2. The fourth-order valence-corrected chi connectivity index (χ4v) is 6.04. The van der Waals surface area contributed by atoms with Crippen molar-refractivity contribution >= 4 is 49.8 Å². The molecule has 0 bridgehead atoms. The minimum atomic E-state index is -3.97. The maximum Gasteiger partial charge on any atom is 0.333 e. The first-order chi connectivity index (χ1) is 15.8. The van der Waals surface area contributed by atoms with E-state index < -0.39 is 21.3 Å². The zero-order valence-corrected chi connectivity index (χ0v) is 19.4. The molecule has 0 fully saturated rings. The zero-order valence-electron chi connectivity index (χ0n) is 17.1. The Morgan fingerprint density at radius 1 is 0.909 bits per heavy atom. The standard InChI is InChI=1S/C23H17Cl2N3O4S/c24-15-7-10-19-17(12-15)22(29)28(23(30)26-19)21-13-16(8-9-18(21)25)33(31,32)27-11-3-5-14-4-1-2-6-20(14)27/h1-2,4,6-10,12-13H,3,5,11H2,(H,26,30). The van der Waals surface area contributed by atoms with Gasteiger partial charge in [0.25, 0.3) is 15.6 Å². The lowest BCUT2D eigenvalue weighted by Gasteiger charge is -2.30. The second-order valence-corrected chi connectivity index (χ2v) is 10.4. The Morgan fingerprint density at radius 3 is 2.52 bits per heavy atom. The lowest BCUT2D eigenvalue weighted by molar-refractivity contribution is 0.586. The quantitative estimate of drug-likeness (QED) is 0.456. The number of nitrogens with one attached hydrogen (secondary N) is 1. The Balaban J connectivity index is 1.70. The van der Waals surface area contributed by atoms with Crippen LogP contribution in [0.25, 0.3) is 16.6 Å². The van der Waals surface area contributed by atoms with Crippen molar-refractivity contribution in [3.8, 4) is 5.69 Å². The van der Waals surface area contributed by atoms with Crippen LogP contribution in [0.1, 0.15) is 12.0 Å². The number of para-hydroxylation sites is 1. The maximum atomic E-state index is 13.6. The van der Waals surface area contributed by atoms with Crippen LogP contribution in [-0.4, -0.2) is 24.5 Å². The molecule has 3 aromatic carbocycles. The van der Waals surface area contributed by atoms with Gasteiger partial charge in [-0.15, -0.1) is 0 Å². The lowest BCUT2D eigenvalue weighted by atomic mass is 10.0. The largest absolute Gasteiger partial charge is 0.333 e.